The Balaban J connectivity index is 2.60. The number of rotatable bonds is 7. The highest BCUT2D eigenvalue weighted by Gasteiger charge is 2.21. The topological polar surface area (TPSA) is 104 Å². The first-order valence-electron chi connectivity index (χ1n) is 6.18. The summed E-state index contributed by atoms with van der Waals surface area (Å²) in [4.78, 5) is 33.2. The van der Waals surface area contributed by atoms with Crippen molar-refractivity contribution in [1.29, 1.82) is 0 Å². The van der Waals surface area contributed by atoms with Gasteiger partial charge < -0.3 is 15.5 Å². The van der Waals surface area contributed by atoms with Crippen molar-refractivity contribution in [2.45, 2.75) is 32.2 Å². The van der Waals surface area contributed by atoms with Gasteiger partial charge in [0.2, 0.25) is 5.91 Å². The Hall–Kier alpha value is -2.37. The van der Waals surface area contributed by atoms with Gasteiger partial charge in [-0.2, -0.15) is 0 Å². The summed E-state index contributed by atoms with van der Waals surface area (Å²) in [6, 6.07) is 6.13. The van der Waals surface area contributed by atoms with Crippen molar-refractivity contribution in [3.05, 3.63) is 35.4 Å². The molecule has 1 aromatic carbocycles. The molecule has 0 bridgehead atoms. The summed E-state index contributed by atoms with van der Waals surface area (Å²) in [5.41, 5.74) is 1.76. The highest BCUT2D eigenvalue weighted by atomic mass is 16.4. The van der Waals surface area contributed by atoms with E-state index in [9.17, 15) is 14.4 Å². The van der Waals surface area contributed by atoms with Gasteiger partial charge in [-0.3, -0.25) is 9.59 Å². The Morgan fingerprint density at radius 1 is 1.20 bits per heavy atom. The number of benzene rings is 1. The van der Waals surface area contributed by atoms with Crippen LogP contribution < -0.4 is 5.32 Å². The van der Waals surface area contributed by atoms with Crippen molar-refractivity contribution in [2.75, 3.05) is 0 Å². The molecule has 1 rings (SSSR count). The van der Waals surface area contributed by atoms with Gasteiger partial charge in [-0.1, -0.05) is 24.3 Å². The number of aryl methyl sites for hydroxylation is 1. The molecule has 1 unspecified atom stereocenters. The largest absolute Gasteiger partial charge is 0.481 e. The van der Waals surface area contributed by atoms with Crippen LogP contribution in [-0.4, -0.2) is 34.1 Å². The van der Waals surface area contributed by atoms with Crippen LogP contribution in [0.4, 0.5) is 0 Å². The summed E-state index contributed by atoms with van der Waals surface area (Å²) in [5, 5.41) is 19.8. The molecule has 20 heavy (non-hydrogen) atoms. The van der Waals surface area contributed by atoms with Gasteiger partial charge in [0.1, 0.15) is 6.04 Å². The molecule has 1 aromatic rings. The molecule has 1 atom stereocenters. The number of carboxylic acid groups (broad SMARTS) is 2. The van der Waals surface area contributed by atoms with E-state index in [1.165, 1.54) is 0 Å². The van der Waals surface area contributed by atoms with Gasteiger partial charge in [-0.25, -0.2) is 4.79 Å². The fourth-order valence-corrected chi connectivity index (χ4v) is 1.75. The molecule has 0 saturated heterocycles. The van der Waals surface area contributed by atoms with E-state index in [1.807, 2.05) is 19.1 Å². The lowest BCUT2D eigenvalue weighted by atomic mass is 10.0. The minimum atomic E-state index is -1.23. The Morgan fingerprint density at radius 3 is 2.40 bits per heavy atom. The number of carbonyl (C=O) groups excluding carboxylic acids is 1. The fraction of sp³-hybridized carbons (Fsp3) is 0.357. The second kappa shape index (κ2) is 7.28. The summed E-state index contributed by atoms with van der Waals surface area (Å²) >= 11 is 0. The molecule has 0 aliphatic heterocycles. The zero-order valence-corrected chi connectivity index (χ0v) is 11.1. The average molecular weight is 279 g/mol. The van der Waals surface area contributed by atoms with Crippen LogP contribution in [-0.2, 0) is 20.8 Å². The maximum absolute atomic E-state index is 11.8. The number of amides is 1. The lowest BCUT2D eigenvalue weighted by molar-refractivity contribution is -0.143. The fourth-order valence-electron chi connectivity index (χ4n) is 1.75. The number of hydrogen-bond donors (Lipinski definition) is 3. The Bertz CT molecular complexity index is 512. The monoisotopic (exact) mass is 279 g/mol. The van der Waals surface area contributed by atoms with Crippen molar-refractivity contribution in [1.82, 2.24) is 5.32 Å². The van der Waals surface area contributed by atoms with E-state index >= 15 is 0 Å². The molecule has 0 saturated carbocycles. The van der Waals surface area contributed by atoms with Gasteiger partial charge in [0.15, 0.2) is 0 Å². The summed E-state index contributed by atoms with van der Waals surface area (Å²) in [6.07, 6.45) is -0.366. The standard InChI is InChI=1S/C14H17NO5/c1-9-4-2-3-5-10(9)8-12(16)15-11(14(19)20)6-7-13(17)18/h2-5,11H,6-8H2,1H3,(H,15,16)(H,17,18)(H,19,20). The van der Waals surface area contributed by atoms with Crippen LogP contribution in [0.5, 0.6) is 0 Å². The molecular weight excluding hydrogens is 262 g/mol. The van der Waals surface area contributed by atoms with E-state index in [4.69, 9.17) is 10.2 Å². The van der Waals surface area contributed by atoms with Crippen LogP contribution in [0.2, 0.25) is 0 Å². The predicted molar refractivity (Wildman–Crippen MR) is 71.3 cm³/mol. The van der Waals surface area contributed by atoms with Crippen LogP contribution in [0.15, 0.2) is 24.3 Å². The van der Waals surface area contributed by atoms with Gasteiger partial charge in [0, 0.05) is 6.42 Å². The second-order valence-electron chi connectivity index (χ2n) is 4.49. The molecule has 6 heteroatoms. The number of hydrogen-bond acceptors (Lipinski definition) is 3. The highest BCUT2D eigenvalue weighted by molar-refractivity contribution is 5.85. The maximum atomic E-state index is 11.8. The Kier molecular flexibility index (Phi) is 5.71. The molecule has 0 fully saturated rings. The van der Waals surface area contributed by atoms with Crippen molar-refractivity contribution in [2.24, 2.45) is 0 Å². The first kappa shape index (κ1) is 15.7. The Labute approximate surface area is 116 Å². The van der Waals surface area contributed by atoms with Crippen molar-refractivity contribution >= 4 is 17.8 Å². The van der Waals surface area contributed by atoms with E-state index in [0.29, 0.717) is 0 Å². The number of carboxylic acids is 2. The first-order valence-corrected chi connectivity index (χ1v) is 6.18. The molecule has 0 aliphatic carbocycles. The third kappa shape index (κ3) is 5.09. The number of carbonyl (C=O) groups is 3. The summed E-state index contributed by atoms with van der Waals surface area (Å²) in [5.74, 6) is -2.76. The van der Waals surface area contributed by atoms with Crippen LogP contribution in [0, 0.1) is 6.92 Å². The minimum Gasteiger partial charge on any atom is -0.481 e. The average Bonchev–Trinajstić information content (AvgIpc) is 2.36. The molecular formula is C14H17NO5. The quantitative estimate of drug-likeness (QED) is 0.690. The SMILES string of the molecule is Cc1ccccc1CC(=O)NC(CCC(=O)O)C(=O)O. The van der Waals surface area contributed by atoms with Gasteiger partial charge in [-0.05, 0) is 24.5 Å². The molecule has 108 valence electrons. The highest BCUT2D eigenvalue weighted by Crippen LogP contribution is 2.08. The summed E-state index contributed by atoms with van der Waals surface area (Å²) in [6.45, 7) is 1.86. The third-order valence-electron chi connectivity index (χ3n) is 2.89. The molecule has 0 heterocycles. The van der Waals surface area contributed by atoms with Gasteiger partial charge in [0.05, 0.1) is 6.42 Å². The zero-order chi connectivity index (χ0) is 15.1. The molecule has 0 aliphatic rings. The van der Waals surface area contributed by atoms with Crippen LogP contribution in [0.1, 0.15) is 24.0 Å². The van der Waals surface area contributed by atoms with Crippen molar-refractivity contribution < 1.29 is 24.6 Å². The summed E-state index contributed by atoms with van der Waals surface area (Å²) < 4.78 is 0. The van der Waals surface area contributed by atoms with Crippen molar-refractivity contribution in [3.63, 3.8) is 0 Å². The second-order valence-corrected chi connectivity index (χ2v) is 4.49. The minimum absolute atomic E-state index is 0.0729. The molecule has 0 spiro atoms. The predicted octanol–water partition coefficient (Wildman–Crippen LogP) is 0.972. The van der Waals surface area contributed by atoms with Crippen LogP contribution in [0.3, 0.4) is 0 Å². The molecule has 1 amide bonds. The van der Waals surface area contributed by atoms with Crippen LogP contribution in [0.25, 0.3) is 0 Å². The number of aliphatic carboxylic acids is 2. The molecule has 0 radical (unpaired) electrons. The van der Waals surface area contributed by atoms with Gasteiger partial charge in [0.25, 0.3) is 0 Å². The lowest BCUT2D eigenvalue weighted by Gasteiger charge is -2.14. The van der Waals surface area contributed by atoms with Gasteiger partial charge >= 0.3 is 11.9 Å². The van der Waals surface area contributed by atoms with Crippen LogP contribution >= 0.6 is 0 Å². The summed E-state index contributed by atoms with van der Waals surface area (Å²) in [7, 11) is 0. The molecule has 6 nitrogen and oxygen atoms in total. The number of nitrogens with one attached hydrogen (secondary N) is 1. The van der Waals surface area contributed by atoms with E-state index in [2.05, 4.69) is 5.32 Å². The third-order valence-corrected chi connectivity index (χ3v) is 2.89. The first-order chi connectivity index (χ1) is 9.40. The molecule has 0 aromatic heterocycles. The van der Waals surface area contributed by atoms with E-state index in [-0.39, 0.29) is 19.3 Å². The zero-order valence-electron chi connectivity index (χ0n) is 11.1. The van der Waals surface area contributed by atoms with Crippen molar-refractivity contribution in [3.8, 4) is 0 Å². The van der Waals surface area contributed by atoms with Gasteiger partial charge in [-0.15, -0.1) is 0 Å². The normalized spacial score (nSPS) is 11.7. The smallest absolute Gasteiger partial charge is 0.326 e. The Morgan fingerprint density at radius 2 is 1.85 bits per heavy atom. The lowest BCUT2D eigenvalue weighted by Crippen LogP contribution is -2.41. The van der Waals surface area contributed by atoms with E-state index in [1.54, 1.807) is 12.1 Å². The van der Waals surface area contributed by atoms with E-state index < -0.39 is 23.9 Å². The van der Waals surface area contributed by atoms with E-state index in [0.717, 1.165) is 11.1 Å². The maximum Gasteiger partial charge on any atom is 0.326 e. The molecule has 3 N–H and O–H groups in total.